The lowest BCUT2D eigenvalue weighted by Crippen LogP contribution is -2.22. The van der Waals surface area contributed by atoms with Crippen LogP contribution in [0.3, 0.4) is 0 Å². The Morgan fingerprint density at radius 1 is 1.00 bits per heavy atom. The van der Waals surface area contributed by atoms with Gasteiger partial charge in [-0.1, -0.05) is 41.4 Å². The minimum Gasteiger partial charge on any atom is -0.322 e. The van der Waals surface area contributed by atoms with E-state index in [1.165, 1.54) is 16.7 Å². The molecule has 26 heavy (non-hydrogen) atoms. The molecule has 0 saturated heterocycles. The van der Waals surface area contributed by atoms with Gasteiger partial charge >= 0.3 is 0 Å². The van der Waals surface area contributed by atoms with E-state index in [1.807, 2.05) is 25.1 Å². The predicted octanol–water partition coefficient (Wildman–Crippen LogP) is 4.76. The Kier molecular flexibility index (Phi) is 5.45. The largest absolute Gasteiger partial charge is 0.322 e. The van der Waals surface area contributed by atoms with E-state index in [9.17, 15) is 9.59 Å². The molecule has 0 unspecified atom stereocenters. The lowest BCUT2D eigenvalue weighted by Gasteiger charge is -2.11. The zero-order chi connectivity index (χ0) is 18.7. The van der Waals surface area contributed by atoms with Crippen LogP contribution in [0.15, 0.2) is 65.6 Å². The summed E-state index contributed by atoms with van der Waals surface area (Å²) in [6.45, 7) is 2.24. The van der Waals surface area contributed by atoms with Gasteiger partial charge in [0.05, 0.1) is 12.1 Å². The zero-order valence-electron chi connectivity index (χ0n) is 14.0. The molecule has 0 atom stereocenters. The second-order valence-electron chi connectivity index (χ2n) is 5.92. The number of aryl methyl sites for hydroxylation is 1. The molecule has 0 bridgehead atoms. The van der Waals surface area contributed by atoms with Crippen LogP contribution in [0.4, 0.5) is 5.69 Å². The van der Waals surface area contributed by atoms with Crippen LogP contribution < -0.4 is 10.9 Å². The molecule has 0 fully saturated rings. The molecule has 6 heteroatoms. The van der Waals surface area contributed by atoms with Crippen molar-refractivity contribution in [2.45, 2.75) is 13.5 Å². The molecule has 0 aliphatic heterocycles. The molecule has 0 aliphatic rings. The number of carbonyl (C=O) groups excluding carboxylic acids is 1. The molecule has 132 valence electrons. The van der Waals surface area contributed by atoms with Gasteiger partial charge < -0.3 is 9.88 Å². The summed E-state index contributed by atoms with van der Waals surface area (Å²) in [5.41, 5.74) is 2.66. The van der Waals surface area contributed by atoms with E-state index in [-0.39, 0.29) is 11.5 Å². The Balaban J connectivity index is 1.84. The van der Waals surface area contributed by atoms with Crippen molar-refractivity contribution in [2.75, 3.05) is 5.32 Å². The van der Waals surface area contributed by atoms with Crippen LogP contribution in [0.25, 0.3) is 0 Å². The summed E-state index contributed by atoms with van der Waals surface area (Å²) in [6, 6.07) is 15.4. The SMILES string of the molecule is Cc1ccc(Cl)cc1NC(=O)c1ccc(=O)n(Cc2ccc(Cl)cc2)c1. The summed E-state index contributed by atoms with van der Waals surface area (Å²) in [5.74, 6) is -0.305. The summed E-state index contributed by atoms with van der Waals surface area (Å²) in [6.07, 6.45) is 1.55. The fourth-order valence-corrected chi connectivity index (χ4v) is 2.80. The fourth-order valence-electron chi connectivity index (χ4n) is 2.50. The van der Waals surface area contributed by atoms with Crippen LogP contribution >= 0.6 is 23.2 Å². The maximum absolute atomic E-state index is 12.6. The predicted molar refractivity (Wildman–Crippen MR) is 105 cm³/mol. The van der Waals surface area contributed by atoms with E-state index in [0.717, 1.165) is 11.1 Å². The van der Waals surface area contributed by atoms with Crippen molar-refractivity contribution in [3.05, 3.63) is 97.9 Å². The second-order valence-corrected chi connectivity index (χ2v) is 6.80. The number of anilines is 1. The molecule has 0 radical (unpaired) electrons. The smallest absolute Gasteiger partial charge is 0.257 e. The first-order chi connectivity index (χ1) is 12.4. The van der Waals surface area contributed by atoms with Gasteiger partial charge in [0.1, 0.15) is 0 Å². The van der Waals surface area contributed by atoms with Crippen LogP contribution in [-0.4, -0.2) is 10.5 Å². The second kappa shape index (κ2) is 7.77. The number of nitrogens with zero attached hydrogens (tertiary/aromatic N) is 1. The lowest BCUT2D eigenvalue weighted by molar-refractivity contribution is 0.102. The van der Waals surface area contributed by atoms with Gasteiger partial charge in [0.2, 0.25) is 0 Å². The van der Waals surface area contributed by atoms with Crippen LogP contribution in [0.1, 0.15) is 21.5 Å². The normalized spacial score (nSPS) is 10.6. The first kappa shape index (κ1) is 18.2. The molecule has 1 N–H and O–H groups in total. The van der Waals surface area contributed by atoms with Gasteiger partial charge in [-0.05, 0) is 48.4 Å². The summed E-state index contributed by atoms with van der Waals surface area (Å²) < 4.78 is 1.49. The zero-order valence-corrected chi connectivity index (χ0v) is 15.5. The van der Waals surface area contributed by atoms with Crippen molar-refractivity contribution >= 4 is 34.8 Å². The Bertz CT molecular complexity index is 1010. The highest BCUT2D eigenvalue weighted by Crippen LogP contribution is 2.20. The van der Waals surface area contributed by atoms with Crippen molar-refractivity contribution in [3.63, 3.8) is 0 Å². The summed E-state index contributed by atoms with van der Waals surface area (Å²) in [5, 5.41) is 4.00. The average Bonchev–Trinajstić information content (AvgIpc) is 2.62. The number of rotatable bonds is 4. The average molecular weight is 387 g/mol. The number of hydrogen-bond acceptors (Lipinski definition) is 2. The molecule has 4 nitrogen and oxygen atoms in total. The summed E-state index contributed by atoms with van der Waals surface area (Å²) >= 11 is 11.9. The third-order valence-corrected chi connectivity index (χ3v) is 4.45. The van der Waals surface area contributed by atoms with Crippen LogP contribution in [0.2, 0.25) is 10.0 Å². The van der Waals surface area contributed by atoms with Crippen molar-refractivity contribution < 1.29 is 4.79 Å². The van der Waals surface area contributed by atoms with Gasteiger partial charge in [0, 0.05) is 28.0 Å². The minimum atomic E-state index is -0.305. The van der Waals surface area contributed by atoms with Crippen molar-refractivity contribution in [2.24, 2.45) is 0 Å². The van der Waals surface area contributed by atoms with Gasteiger partial charge in [-0.25, -0.2) is 0 Å². The highest BCUT2D eigenvalue weighted by molar-refractivity contribution is 6.31. The topological polar surface area (TPSA) is 51.1 Å². The fraction of sp³-hybridized carbons (Fsp3) is 0.100. The molecule has 1 amide bonds. The Hall–Kier alpha value is -2.56. The van der Waals surface area contributed by atoms with Crippen LogP contribution in [0.5, 0.6) is 0 Å². The number of halogens is 2. The molecular weight excluding hydrogens is 371 g/mol. The molecule has 3 aromatic rings. The third kappa shape index (κ3) is 4.34. The van der Waals surface area contributed by atoms with Crippen molar-refractivity contribution in [1.82, 2.24) is 4.57 Å². The Labute approximate surface area is 161 Å². The highest BCUT2D eigenvalue weighted by Gasteiger charge is 2.10. The van der Waals surface area contributed by atoms with E-state index < -0.39 is 0 Å². The molecule has 2 aromatic carbocycles. The number of hydrogen-bond donors (Lipinski definition) is 1. The Morgan fingerprint density at radius 3 is 2.42 bits per heavy atom. The number of benzene rings is 2. The monoisotopic (exact) mass is 386 g/mol. The number of amides is 1. The van der Waals surface area contributed by atoms with Gasteiger partial charge in [-0.2, -0.15) is 0 Å². The third-order valence-electron chi connectivity index (χ3n) is 3.96. The quantitative estimate of drug-likeness (QED) is 0.702. The van der Waals surface area contributed by atoms with Gasteiger partial charge in [-0.3, -0.25) is 9.59 Å². The van der Waals surface area contributed by atoms with Crippen LogP contribution in [0, 0.1) is 6.92 Å². The molecule has 0 saturated carbocycles. The van der Waals surface area contributed by atoms with Gasteiger partial charge in [0.25, 0.3) is 11.5 Å². The summed E-state index contributed by atoms with van der Waals surface area (Å²) in [7, 11) is 0. The number of nitrogens with one attached hydrogen (secondary N) is 1. The number of pyridine rings is 1. The molecule has 3 rings (SSSR count). The van der Waals surface area contributed by atoms with E-state index in [2.05, 4.69) is 5.32 Å². The first-order valence-corrected chi connectivity index (χ1v) is 8.70. The number of carbonyl (C=O) groups is 1. The van der Waals surface area contributed by atoms with Crippen LogP contribution in [-0.2, 0) is 6.54 Å². The van der Waals surface area contributed by atoms with E-state index in [0.29, 0.717) is 27.8 Å². The molecule has 1 aromatic heterocycles. The van der Waals surface area contributed by atoms with Gasteiger partial charge in [0.15, 0.2) is 0 Å². The van der Waals surface area contributed by atoms with E-state index in [4.69, 9.17) is 23.2 Å². The maximum atomic E-state index is 12.6. The Morgan fingerprint density at radius 2 is 1.69 bits per heavy atom. The summed E-state index contributed by atoms with van der Waals surface area (Å²) in [4.78, 5) is 24.7. The van der Waals surface area contributed by atoms with E-state index >= 15 is 0 Å². The molecule has 1 heterocycles. The van der Waals surface area contributed by atoms with E-state index in [1.54, 1.807) is 30.5 Å². The van der Waals surface area contributed by atoms with Crippen molar-refractivity contribution in [3.8, 4) is 0 Å². The molecular formula is C20H16Cl2N2O2. The van der Waals surface area contributed by atoms with Crippen molar-refractivity contribution in [1.29, 1.82) is 0 Å². The lowest BCUT2D eigenvalue weighted by atomic mass is 10.2. The number of aromatic nitrogens is 1. The highest BCUT2D eigenvalue weighted by atomic mass is 35.5. The van der Waals surface area contributed by atoms with Gasteiger partial charge in [-0.15, -0.1) is 0 Å². The first-order valence-electron chi connectivity index (χ1n) is 7.95. The standard InChI is InChI=1S/C20H16Cl2N2O2/c1-13-2-6-17(22)10-18(13)23-20(26)15-5-9-19(25)24(12-15)11-14-3-7-16(21)8-4-14/h2-10,12H,11H2,1H3,(H,23,26). The molecule has 0 aliphatic carbocycles. The maximum Gasteiger partial charge on any atom is 0.257 e. The molecule has 0 spiro atoms. The minimum absolute atomic E-state index is 0.185.